The summed E-state index contributed by atoms with van der Waals surface area (Å²) in [5.41, 5.74) is 0.487. The van der Waals surface area contributed by atoms with Crippen LogP contribution in [0.2, 0.25) is 0 Å². The molecule has 0 bridgehead atoms. The van der Waals surface area contributed by atoms with E-state index in [1.165, 1.54) is 10.4 Å². The predicted molar refractivity (Wildman–Crippen MR) is 82.0 cm³/mol. The fraction of sp³-hybridized carbons (Fsp3) is 0.533. The number of ether oxygens (including phenoxy) is 1. The fourth-order valence-electron chi connectivity index (χ4n) is 2.82. The molecule has 6 nitrogen and oxygen atoms in total. The molecule has 22 heavy (non-hydrogen) atoms. The zero-order valence-electron chi connectivity index (χ0n) is 12.3. The first-order chi connectivity index (χ1) is 10.6. The molecular weight excluding hydrogens is 304 g/mol. The van der Waals surface area contributed by atoms with Crippen LogP contribution in [0.3, 0.4) is 0 Å². The van der Waals surface area contributed by atoms with Crippen LogP contribution in [0.1, 0.15) is 25.7 Å². The number of amides is 1. The van der Waals surface area contributed by atoms with Crippen LogP contribution in [-0.2, 0) is 19.6 Å². The number of benzene rings is 1. The summed E-state index contributed by atoms with van der Waals surface area (Å²) >= 11 is 0. The van der Waals surface area contributed by atoms with Crippen molar-refractivity contribution in [2.24, 2.45) is 0 Å². The zero-order valence-corrected chi connectivity index (χ0v) is 13.1. The van der Waals surface area contributed by atoms with E-state index in [4.69, 9.17) is 4.74 Å². The second kappa shape index (κ2) is 6.36. The third-order valence-electron chi connectivity index (χ3n) is 4.03. The van der Waals surface area contributed by atoms with Crippen molar-refractivity contribution in [3.63, 3.8) is 0 Å². The summed E-state index contributed by atoms with van der Waals surface area (Å²) in [5.74, 6) is -0.215. The summed E-state index contributed by atoms with van der Waals surface area (Å²) in [4.78, 5) is 12.3. The van der Waals surface area contributed by atoms with E-state index >= 15 is 0 Å². The van der Waals surface area contributed by atoms with Gasteiger partial charge in [0.1, 0.15) is 6.10 Å². The minimum atomic E-state index is -3.47. The molecule has 2 aliphatic rings. The Labute approximate surface area is 130 Å². The van der Waals surface area contributed by atoms with Crippen molar-refractivity contribution >= 4 is 21.6 Å². The Bertz CT molecular complexity index is 647. The second-order valence-electron chi connectivity index (χ2n) is 5.63. The van der Waals surface area contributed by atoms with E-state index in [2.05, 4.69) is 5.32 Å². The number of hydrogen-bond acceptors (Lipinski definition) is 4. The molecular formula is C15H20N2O4S. The molecule has 0 unspecified atom stereocenters. The fourth-order valence-corrected chi connectivity index (χ4v) is 4.38. The van der Waals surface area contributed by atoms with Gasteiger partial charge in [0, 0.05) is 25.4 Å². The lowest BCUT2D eigenvalue weighted by atomic mass is 10.2. The van der Waals surface area contributed by atoms with E-state index in [0.717, 1.165) is 19.3 Å². The first kappa shape index (κ1) is 15.5. The maximum atomic E-state index is 12.5. The van der Waals surface area contributed by atoms with Gasteiger partial charge in [-0.25, -0.2) is 8.42 Å². The molecule has 0 radical (unpaired) electrons. The Morgan fingerprint density at radius 1 is 1.23 bits per heavy atom. The van der Waals surface area contributed by atoms with Crippen LogP contribution in [0, 0.1) is 0 Å². The molecule has 120 valence electrons. The van der Waals surface area contributed by atoms with Gasteiger partial charge >= 0.3 is 0 Å². The van der Waals surface area contributed by atoms with Crippen molar-refractivity contribution in [3.05, 3.63) is 24.3 Å². The van der Waals surface area contributed by atoms with E-state index in [1.807, 2.05) is 0 Å². The van der Waals surface area contributed by atoms with Gasteiger partial charge in [-0.15, -0.1) is 0 Å². The molecule has 0 aliphatic carbocycles. The summed E-state index contributed by atoms with van der Waals surface area (Å²) < 4.78 is 31.9. The highest BCUT2D eigenvalue weighted by Crippen LogP contribution is 2.23. The Morgan fingerprint density at radius 2 is 2.00 bits per heavy atom. The first-order valence-corrected chi connectivity index (χ1v) is 9.04. The molecule has 2 fully saturated rings. The second-order valence-corrected chi connectivity index (χ2v) is 7.57. The first-order valence-electron chi connectivity index (χ1n) is 7.60. The average Bonchev–Trinajstić information content (AvgIpc) is 3.21. The maximum Gasteiger partial charge on any atom is 0.253 e. The Balaban J connectivity index is 1.76. The monoisotopic (exact) mass is 324 g/mol. The zero-order chi connectivity index (χ0) is 15.6. The highest BCUT2D eigenvalue weighted by Gasteiger charge is 2.28. The van der Waals surface area contributed by atoms with Gasteiger partial charge in [-0.05, 0) is 43.9 Å². The number of rotatable bonds is 4. The van der Waals surface area contributed by atoms with Crippen LogP contribution in [-0.4, -0.2) is 44.4 Å². The van der Waals surface area contributed by atoms with Gasteiger partial charge in [0.15, 0.2) is 0 Å². The largest absolute Gasteiger partial charge is 0.368 e. The van der Waals surface area contributed by atoms with E-state index in [0.29, 0.717) is 31.8 Å². The van der Waals surface area contributed by atoms with Crippen LogP contribution in [0.5, 0.6) is 0 Å². The highest BCUT2D eigenvalue weighted by atomic mass is 32.2. The van der Waals surface area contributed by atoms with Crippen LogP contribution in [0.25, 0.3) is 0 Å². The Morgan fingerprint density at radius 3 is 2.68 bits per heavy atom. The molecule has 1 amide bonds. The number of carbonyl (C=O) groups is 1. The number of hydrogen-bond donors (Lipinski definition) is 1. The average molecular weight is 324 g/mol. The molecule has 1 N–H and O–H groups in total. The summed E-state index contributed by atoms with van der Waals surface area (Å²) in [6, 6.07) is 6.42. The molecule has 0 spiro atoms. The van der Waals surface area contributed by atoms with E-state index in [9.17, 15) is 13.2 Å². The molecule has 1 aromatic carbocycles. The van der Waals surface area contributed by atoms with Crippen molar-refractivity contribution in [2.45, 2.75) is 36.7 Å². The van der Waals surface area contributed by atoms with Gasteiger partial charge in [0.05, 0.1) is 4.90 Å². The van der Waals surface area contributed by atoms with Crippen LogP contribution >= 0.6 is 0 Å². The lowest BCUT2D eigenvalue weighted by Crippen LogP contribution is -2.28. The molecule has 7 heteroatoms. The number of nitrogens with one attached hydrogen (secondary N) is 1. The van der Waals surface area contributed by atoms with Crippen LogP contribution in [0.15, 0.2) is 29.2 Å². The Hall–Kier alpha value is -1.44. The topological polar surface area (TPSA) is 75.7 Å². The van der Waals surface area contributed by atoms with Crippen molar-refractivity contribution < 1.29 is 17.9 Å². The van der Waals surface area contributed by atoms with E-state index in [-0.39, 0.29) is 10.8 Å². The van der Waals surface area contributed by atoms with Crippen LogP contribution in [0.4, 0.5) is 5.69 Å². The molecule has 2 heterocycles. The van der Waals surface area contributed by atoms with Gasteiger partial charge in [0.2, 0.25) is 10.0 Å². The molecule has 1 aromatic rings. The van der Waals surface area contributed by atoms with Gasteiger partial charge in [-0.3, -0.25) is 4.79 Å². The van der Waals surface area contributed by atoms with Gasteiger partial charge in [-0.1, -0.05) is 6.07 Å². The third kappa shape index (κ3) is 3.16. The quantitative estimate of drug-likeness (QED) is 0.912. The SMILES string of the molecule is O=C(Nc1cccc(S(=O)(=O)N2CCCC2)c1)[C@@H]1CCCO1. The minimum Gasteiger partial charge on any atom is -0.368 e. The van der Waals surface area contributed by atoms with E-state index < -0.39 is 16.1 Å². The molecule has 0 aromatic heterocycles. The summed E-state index contributed by atoms with van der Waals surface area (Å²) in [7, 11) is -3.47. The molecule has 3 rings (SSSR count). The lowest BCUT2D eigenvalue weighted by Gasteiger charge is -2.16. The van der Waals surface area contributed by atoms with Crippen molar-refractivity contribution in [1.82, 2.24) is 4.31 Å². The van der Waals surface area contributed by atoms with Gasteiger partial charge in [0.25, 0.3) is 5.91 Å². The molecule has 2 saturated heterocycles. The van der Waals surface area contributed by atoms with Crippen molar-refractivity contribution in [3.8, 4) is 0 Å². The summed E-state index contributed by atoms with van der Waals surface area (Å²) in [5, 5.41) is 2.74. The minimum absolute atomic E-state index is 0.215. The van der Waals surface area contributed by atoms with E-state index in [1.54, 1.807) is 18.2 Å². The standard InChI is InChI=1S/C15H20N2O4S/c18-15(14-7-4-10-21-14)16-12-5-3-6-13(11-12)22(19,20)17-8-1-2-9-17/h3,5-6,11,14H,1-2,4,7-10H2,(H,16,18)/t14-/m0/s1. The highest BCUT2D eigenvalue weighted by molar-refractivity contribution is 7.89. The van der Waals surface area contributed by atoms with Crippen molar-refractivity contribution in [2.75, 3.05) is 25.0 Å². The van der Waals surface area contributed by atoms with Gasteiger partial charge < -0.3 is 10.1 Å². The number of carbonyl (C=O) groups excluding carboxylic acids is 1. The van der Waals surface area contributed by atoms with Crippen LogP contribution < -0.4 is 5.32 Å². The number of anilines is 1. The van der Waals surface area contributed by atoms with Gasteiger partial charge in [-0.2, -0.15) is 4.31 Å². The number of sulfonamides is 1. The summed E-state index contributed by atoms with van der Waals surface area (Å²) in [6.45, 7) is 1.73. The maximum absolute atomic E-state index is 12.5. The van der Waals surface area contributed by atoms with Crippen molar-refractivity contribution in [1.29, 1.82) is 0 Å². The Kier molecular flexibility index (Phi) is 4.46. The third-order valence-corrected chi connectivity index (χ3v) is 5.92. The molecule has 1 atom stereocenters. The molecule has 2 aliphatic heterocycles. The number of nitrogens with zero attached hydrogens (tertiary/aromatic N) is 1. The predicted octanol–water partition coefficient (Wildman–Crippen LogP) is 1.59. The lowest BCUT2D eigenvalue weighted by molar-refractivity contribution is -0.124. The molecule has 0 saturated carbocycles. The summed E-state index contributed by atoms with van der Waals surface area (Å²) in [6.07, 6.45) is 2.95. The smallest absolute Gasteiger partial charge is 0.253 e. The normalized spacial score (nSPS) is 22.8.